The number of piperidine rings is 1. The summed E-state index contributed by atoms with van der Waals surface area (Å²) in [5.41, 5.74) is 3.69. The summed E-state index contributed by atoms with van der Waals surface area (Å²) >= 11 is 6.07. The first-order valence-corrected chi connectivity index (χ1v) is 10.5. The van der Waals surface area contributed by atoms with Crippen LogP contribution in [-0.4, -0.2) is 42.5 Å². The number of hydrogen-bond acceptors (Lipinski definition) is 2. The van der Waals surface area contributed by atoms with Crippen molar-refractivity contribution in [3.05, 3.63) is 64.7 Å². The lowest BCUT2D eigenvalue weighted by molar-refractivity contribution is -0.0915. The third-order valence-electron chi connectivity index (χ3n) is 6.46. The lowest BCUT2D eigenvalue weighted by atomic mass is 9.63. The summed E-state index contributed by atoms with van der Waals surface area (Å²) in [6, 6.07) is 16.7. The number of hydrogen-bond donors (Lipinski definition) is 1. The molecule has 2 aliphatic rings. The van der Waals surface area contributed by atoms with Crippen LogP contribution in [0.4, 0.5) is 10.5 Å². The number of carbonyl (C=O) groups excluding carboxylic acids is 1. The summed E-state index contributed by atoms with van der Waals surface area (Å²) in [7, 11) is 2.19. The van der Waals surface area contributed by atoms with E-state index in [2.05, 4.69) is 42.4 Å². The van der Waals surface area contributed by atoms with Gasteiger partial charge in [-0.25, -0.2) is 4.79 Å². The van der Waals surface area contributed by atoms with Gasteiger partial charge in [-0.2, -0.15) is 0 Å². The molecule has 0 saturated carbocycles. The Morgan fingerprint density at radius 2 is 1.82 bits per heavy atom. The minimum atomic E-state index is 0.0199. The standard InChI is InChI=1S/C23H28ClN3O/c1-3-17-6-4-5-7-20(17)25-22(28)27-14-12-23(13-15-27)16-26(2)21(23)18-8-10-19(24)11-9-18/h4-11,21H,3,12-16H2,1-2H3,(H,25,28). The molecule has 148 valence electrons. The van der Waals surface area contributed by atoms with Gasteiger partial charge in [0.05, 0.1) is 0 Å². The first-order chi connectivity index (χ1) is 13.5. The number of amides is 2. The average Bonchev–Trinajstić information content (AvgIpc) is 2.70. The Kier molecular flexibility index (Phi) is 5.35. The average molecular weight is 398 g/mol. The maximum absolute atomic E-state index is 12.8. The van der Waals surface area contributed by atoms with Gasteiger partial charge in [0.1, 0.15) is 0 Å². The van der Waals surface area contributed by atoms with E-state index in [4.69, 9.17) is 11.6 Å². The van der Waals surface area contributed by atoms with E-state index in [9.17, 15) is 4.79 Å². The highest BCUT2D eigenvalue weighted by molar-refractivity contribution is 6.30. The number of carbonyl (C=O) groups is 1. The van der Waals surface area contributed by atoms with Gasteiger partial charge in [-0.05, 0) is 55.6 Å². The van der Waals surface area contributed by atoms with Crippen LogP contribution in [-0.2, 0) is 6.42 Å². The van der Waals surface area contributed by atoms with Crippen LogP contribution in [0, 0.1) is 5.41 Å². The lowest BCUT2D eigenvalue weighted by Crippen LogP contribution is -2.61. The van der Waals surface area contributed by atoms with Crippen LogP contribution in [0.15, 0.2) is 48.5 Å². The van der Waals surface area contributed by atoms with Gasteiger partial charge in [0.2, 0.25) is 0 Å². The third-order valence-corrected chi connectivity index (χ3v) is 6.71. The van der Waals surface area contributed by atoms with Crippen LogP contribution in [0.5, 0.6) is 0 Å². The number of aryl methyl sites for hydroxylation is 1. The third kappa shape index (κ3) is 3.51. The van der Waals surface area contributed by atoms with Crippen molar-refractivity contribution in [1.82, 2.24) is 9.80 Å². The van der Waals surface area contributed by atoms with Gasteiger partial charge in [0, 0.05) is 41.8 Å². The molecule has 2 aliphatic heterocycles. The van der Waals surface area contributed by atoms with E-state index in [1.165, 1.54) is 11.1 Å². The van der Waals surface area contributed by atoms with Gasteiger partial charge < -0.3 is 10.2 Å². The Morgan fingerprint density at radius 3 is 2.46 bits per heavy atom. The highest BCUT2D eigenvalue weighted by Crippen LogP contribution is 2.54. The van der Waals surface area contributed by atoms with Crippen molar-refractivity contribution >= 4 is 23.3 Å². The van der Waals surface area contributed by atoms with Gasteiger partial charge in [0.15, 0.2) is 0 Å². The Hall–Kier alpha value is -2.04. The molecule has 1 spiro atoms. The zero-order valence-electron chi connectivity index (χ0n) is 16.6. The Balaban J connectivity index is 1.41. The molecule has 0 radical (unpaired) electrons. The summed E-state index contributed by atoms with van der Waals surface area (Å²) in [6.45, 7) is 4.81. The Labute approximate surface area is 172 Å². The number of nitrogens with zero attached hydrogens (tertiary/aromatic N) is 2. The fraction of sp³-hybridized carbons (Fsp3) is 0.435. The van der Waals surface area contributed by atoms with Crippen LogP contribution in [0.25, 0.3) is 0 Å². The number of nitrogens with one attached hydrogen (secondary N) is 1. The molecule has 5 heteroatoms. The van der Waals surface area contributed by atoms with Crippen LogP contribution >= 0.6 is 11.6 Å². The van der Waals surface area contributed by atoms with E-state index in [-0.39, 0.29) is 11.4 Å². The van der Waals surface area contributed by atoms with Crippen LogP contribution in [0.3, 0.4) is 0 Å². The second-order valence-electron chi connectivity index (χ2n) is 8.16. The second kappa shape index (κ2) is 7.76. The molecule has 2 amide bonds. The number of anilines is 1. The number of halogens is 1. The summed E-state index contributed by atoms with van der Waals surface area (Å²) in [4.78, 5) is 17.2. The predicted molar refractivity (Wildman–Crippen MR) is 115 cm³/mol. The molecule has 0 aromatic heterocycles. The predicted octanol–water partition coefficient (Wildman–Crippen LogP) is 5.20. The molecule has 2 fully saturated rings. The Bertz CT molecular complexity index is 843. The SMILES string of the molecule is CCc1ccccc1NC(=O)N1CCC2(CC1)CN(C)C2c1ccc(Cl)cc1. The zero-order valence-corrected chi connectivity index (χ0v) is 17.4. The van der Waals surface area contributed by atoms with Gasteiger partial charge in [0.25, 0.3) is 0 Å². The van der Waals surface area contributed by atoms with E-state index >= 15 is 0 Å². The maximum atomic E-state index is 12.8. The van der Waals surface area contributed by atoms with E-state index < -0.39 is 0 Å². The van der Waals surface area contributed by atoms with Crippen LogP contribution < -0.4 is 5.32 Å². The molecule has 1 unspecified atom stereocenters. The zero-order chi connectivity index (χ0) is 19.7. The molecule has 1 N–H and O–H groups in total. The number of rotatable bonds is 3. The van der Waals surface area contributed by atoms with Crippen molar-refractivity contribution in [1.29, 1.82) is 0 Å². The largest absolute Gasteiger partial charge is 0.324 e. The Morgan fingerprint density at radius 1 is 1.14 bits per heavy atom. The summed E-state index contributed by atoms with van der Waals surface area (Å²) in [6.07, 6.45) is 2.98. The topological polar surface area (TPSA) is 35.6 Å². The molecule has 0 bridgehead atoms. The monoisotopic (exact) mass is 397 g/mol. The lowest BCUT2D eigenvalue weighted by Gasteiger charge is -2.59. The van der Waals surface area contributed by atoms with E-state index in [1.807, 2.05) is 35.2 Å². The van der Waals surface area contributed by atoms with Gasteiger partial charge in [-0.15, -0.1) is 0 Å². The normalized spacial score (nSPS) is 21.4. The fourth-order valence-electron chi connectivity index (χ4n) is 5.01. The number of benzene rings is 2. The minimum absolute atomic E-state index is 0.0199. The molecule has 0 aliphatic carbocycles. The van der Waals surface area contributed by atoms with Crippen molar-refractivity contribution < 1.29 is 4.79 Å². The number of likely N-dealkylation sites (tertiary alicyclic amines) is 2. The summed E-state index contributed by atoms with van der Waals surface area (Å²) in [5.74, 6) is 0. The highest BCUT2D eigenvalue weighted by Gasteiger charge is 2.52. The fourth-order valence-corrected chi connectivity index (χ4v) is 5.14. The maximum Gasteiger partial charge on any atom is 0.321 e. The van der Waals surface area contributed by atoms with Crippen molar-refractivity contribution in [3.8, 4) is 0 Å². The smallest absolute Gasteiger partial charge is 0.321 e. The number of urea groups is 1. The molecule has 2 heterocycles. The van der Waals surface area contributed by atoms with Gasteiger partial charge in [-0.1, -0.05) is 48.9 Å². The molecular formula is C23H28ClN3O. The van der Waals surface area contributed by atoms with Crippen molar-refractivity contribution in [2.24, 2.45) is 5.41 Å². The van der Waals surface area contributed by atoms with E-state index in [1.54, 1.807) is 0 Å². The summed E-state index contributed by atoms with van der Waals surface area (Å²) in [5, 5.41) is 3.89. The summed E-state index contributed by atoms with van der Waals surface area (Å²) < 4.78 is 0. The molecule has 2 aromatic carbocycles. The van der Waals surface area contributed by atoms with E-state index in [0.29, 0.717) is 6.04 Å². The van der Waals surface area contributed by atoms with Gasteiger partial charge >= 0.3 is 6.03 Å². The van der Waals surface area contributed by atoms with Crippen molar-refractivity contribution in [2.45, 2.75) is 32.2 Å². The van der Waals surface area contributed by atoms with Crippen molar-refractivity contribution in [3.63, 3.8) is 0 Å². The van der Waals surface area contributed by atoms with Crippen LogP contribution in [0.1, 0.15) is 36.9 Å². The highest BCUT2D eigenvalue weighted by atomic mass is 35.5. The molecule has 1 atom stereocenters. The molecule has 28 heavy (non-hydrogen) atoms. The second-order valence-corrected chi connectivity index (χ2v) is 8.60. The first-order valence-electron chi connectivity index (χ1n) is 10.1. The molecule has 4 nitrogen and oxygen atoms in total. The van der Waals surface area contributed by atoms with Crippen molar-refractivity contribution in [2.75, 3.05) is 32.0 Å². The molecule has 4 rings (SSSR count). The van der Waals surface area contributed by atoms with Gasteiger partial charge in [-0.3, -0.25) is 4.90 Å². The quantitative estimate of drug-likeness (QED) is 0.772. The van der Waals surface area contributed by atoms with E-state index in [0.717, 1.165) is 49.6 Å². The minimum Gasteiger partial charge on any atom is -0.324 e. The van der Waals surface area contributed by atoms with Crippen LogP contribution in [0.2, 0.25) is 5.02 Å². The molecule has 2 saturated heterocycles. The first kappa shape index (κ1) is 19.3. The number of para-hydroxylation sites is 1. The molecule has 2 aromatic rings. The molecular weight excluding hydrogens is 370 g/mol.